The van der Waals surface area contributed by atoms with E-state index in [1.807, 2.05) is 48.5 Å². The summed E-state index contributed by atoms with van der Waals surface area (Å²) in [6.45, 7) is 11.5. The monoisotopic (exact) mass is 654 g/mol. The zero-order valence-corrected chi connectivity index (χ0v) is 28.3. The Bertz CT molecular complexity index is 1110. The molecule has 0 saturated carbocycles. The lowest BCUT2D eigenvalue weighted by Crippen LogP contribution is -2.30. The fourth-order valence-electron chi connectivity index (χ4n) is 3.12. The first-order valence-corrected chi connectivity index (χ1v) is 17.0. The number of rotatable bonds is 12. The molecule has 0 fully saturated rings. The van der Waals surface area contributed by atoms with Crippen LogP contribution in [0.5, 0.6) is 0 Å². The van der Waals surface area contributed by atoms with Gasteiger partial charge in [0.1, 0.15) is 16.6 Å². The van der Waals surface area contributed by atoms with Gasteiger partial charge in [-0.3, -0.25) is 14.4 Å². The average molecular weight is 655 g/mol. The van der Waals surface area contributed by atoms with Crippen LogP contribution in [0.3, 0.4) is 0 Å². The van der Waals surface area contributed by atoms with E-state index >= 15 is 0 Å². The van der Waals surface area contributed by atoms with Crippen molar-refractivity contribution < 1.29 is 23.9 Å². The van der Waals surface area contributed by atoms with Crippen molar-refractivity contribution in [3.05, 3.63) is 70.8 Å². The third-order valence-corrected chi connectivity index (χ3v) is 10.9. The molecular weight excluding hydrogens is 621 g/mol. The minimum atomic E-state index is -0.740. The highest BCUT2D eigenvalue weighted by Gasteiger charge is 2.32. The Balaban J connectivity index is 1.87. The molecule has 11 heteroatoms. The molecule has 0 heterocycles. The summed E-state index contributed by atoms with van der Waals surface area (Å²) in [5, 5.41) is 0. The summed E-state index contributed by atoms with van der Waals surface area (Å²) in [4.78, 5) is 37.2. The smallest absolute Gasteiger partial charge is 0.322 e. The number of ether oxygens (including phenoxy) is 2. The van der Waals surface area contributed by atoms with Gasteiger partial charge in [-0.1, -0.05) is 96.5 Å². The number of carbonyl (C=O) groups excluding carboxylic acids is 3. The quantitative estimate of drug-likeness (QED) is 0.127. The normalized spacial score (nSPS) is 11.6. The molecule has 0 aromatic heterocycles. The molecule has 2 aromatic carbocycles. The molecule has 0 radical (unpaired) electrons. The third-order valence-electron chi connectivity index (χ3n) is 5.36. The van der Waals surface area contributed by atoms with Crippen LogP contribution in [0.15, 0.2) is 48.5 Å². The summed E-state index contributed by atoms with van der Waals surface area (Å²) < 4.78 is 10.1. The van der Waals surface area contributed by atoms with Gasteiger partial charge >= 0.3 is 11.9 Å². The lowest BCUT2D eigenvalue weighted by Gasteiger charge is -2.21. The summed E-state index contributed by atoms with van der Waals surface area (Å²) in [5.41, 5.74) is 3.28. The highest BCUT2D eigenvalue weighted by molar-refractivity contribution is 8.48. The van der Waals surface area contributed by atoms with Crippen LogP contribution in [0.4, 0.5) is 0 Å². The molecule has 0 spiro atoms. The van der Waals surface area contributed by atoms with Gasteiger partial charge in [0.2, 0.25) is 0 Å². The topological polar surface area (TPSA) is 69.7 Å². The Hall–Kier alpha value is -1.37. The van der Waals surface area contributed by atoms with Gasteiger partial charge in [-0.2, -0.15) is 0 Å². The number of hydrogen-bond acceptors (Lipinski definition) is 11. The summed E-state index contributed by atoms with van der Waals surface area (Å²) in [7, 11) is 0. The fourth-order valence-corrected chi connectivity index (χ4v) is 8.87. The van der Waals surface area contributed by atoms with E-state index in [2.05, 4.69) is 0 Å². The molecule has 0 N–H and O–H groups in total. The van der Waals surface area contributed by atoms with E-state index in [0.717, 1.165) is 11.1 Å². The number of esters is 2. The van der Waals surface area contributed by atoms with Crippen molar-refractivity contribution in [2.45, 2.75) is 62.5 Å². The summed E-state index contributed by atoms with van der Waals surface area (Å²) >= 11 is 16.5. The number of ketones is 1. The van der Waals surface area contributed by atoms with Crippen molar-refractivity contribution >= 4 is 96.3 Å². The van der Waals surface area contributed by atoms with Gasteiger partial charge in [-0.25, -0.2) is 0 Å². The number of thioether (sulfide) groups is 4. The first-order valence-electron chi connectivity index (χ1n) is 12.6. The van der Waals surface area contributed by atoms with Crippen molar-refractivity contribution in [2.24, 2.45) is 0 Å². The minimum Gasteiger partial charge on any atom is -0.465 e. The Morgan fingerprint density at radius 2 is 0.975 bits per heavy atom. The molecule has 0 amide bonds. The van der Waals surface area contributed by atoms with E-state index in [1.165, 1.54) is 47.0 Å². The third kappa shape index (κ3) is 11.1. The molecule has 0 aliphatic carbocycles. The molecule has 5 nitrogen and oxygen atoms in total. The molecule has 0 atom stereocenters. The molecule has 2 aromatic rings. The van der Waals surface area contributed by atoms with Gasteiger partial charge in [-0.05, 0) is 52.7 Å². The van der Waals surface area contributed by atoms with E-state index in [0.29, 0.717) is 42.9 Å². The van der Waals surface area contributed by atoms with E-state index in [-0.39, 0.29) is 17.7 Å². The highest BCUT2D eigenvalue weighted by Crippen LogP contribution is 2.34. The Morgan fingerprint density at radius 1 is 0.650 bits per heavy atom. The van der Waals surface area contributed by atoms with Crippen LogP contribution in [0.1, 0.15) is 68.6 Å². The Kier molecular flexibility index (Phi) is 14.2. The molecule has 0 bridgehead atoms. The van der Waals surface area contributed by atoms with Gasteiger partial charge in [0.25, 0.3) is 0 Å². The zero-order valence-electron chi connectivity index (χ0n) is 23.4. The molecule has 0 saturated heterocycles. The maximum Gasteiger partial charge on any atom is 0.322 e. The standard InChI is InChI=1S/C29H34O5S6/c1-7-33-24(31)28(3,4)39-26(35)37-17-19-9-13-21(14-10-19)23(30)22-15-11-20(12-16-22)18-38-27(36)40-29(5,6)25(32)34-8-2/h9-16H,7-8,17-18H2,1-6H3. The minimum absolute atomic E-state index is 0.0528. The van der Waals surface area contributed by atoms with Gasteiger partial charge in [0, 0.05) is 22.6 Å². The van der Waals surface area contributed by atoms with E-state index in [4.69, 9.17) is 33.9 Å². The summed E-state index contributed by atoms with van der Waals surface area (Å²) in [6, 6.07) is 15.0. The van der Waals surface area contributed by atoms with Crippen LogP contribution in [-0.4, -0.2) is 47.5 Å². The zero-order chi connectivity index (χ0) is 29.9. The first-order chi connectivity index (χ1) is 18.8. The maximum absolute atomic E-state index is 13.0. The molecule has 2 rings (SSSR count). The van der Waals surface area contributed by atoms with Crippen LogP contribution in [0.25, 0.3) is 0 Å². The largest absolute Gasteiger partial charge is 0.465 e. The molecule has 216 valence electrons. The number of benzene rings is 2. The van der Waals surface area contributed by atoms with Crippen LogP contribution >= 0.6 is 71.5 Å². The first kappa shape index (κ1) is 34.8. The molecule has 0 aliphatic rings. The van der Waals surface area contributed by atoms with Crippen LogP contribution < -0.4 is 0 Å². The number of carbonyl (C=O) groups is 3. The fraction of sp³-hybridized carbons (Fsp3) is 0.414. The van der Waals surface area contributed by atoms with Gasteiger partial charge < -0.3 is 9.47 Å². The van der Waals surface area contributed by atoms with Crippen LogP contribution in [-0.2, 0) is 30.6 Å². The second-order valence-electron chi connectivity index (χ2n) is 9.47. The average Bonchev–Trinajstić information content (AvgIpc) is 2.90. The van der Waals surface area contributed by atoms with Crippen molar-refractivity contribution in [1.82, 2.24) is 0 Å². The van der Waals surface area contributed by atoms with Crippen molar-refractivity contribution in [2.75, 3.05) is 13.2 Å². The molecular formula is C29H34O5S6. The molecule has 0 unspecified atom stereocenters. The van der Waals surface area contributed by atoms with Gasteiger partial charge in [0.15, 0.2) is 5.78 Å². The molecule has 40 heavy (non-hydrogen) atoms. The lowest BCUT2D eigenvalue weighted by molar-refractivity contribution is -0.145. The second kappa shape index (κ2) is 16.3. The van der Waals surface area contributed by atoms with E-state index < -0.39 is 9.49 Å². The number of hydrogen-bond donors (Lipinski definition) is 0. The van der Waals surface area contributed by atoms with Crippen LogP contribution in [0.2, 0.25) is 0 Å². The van der Waals surface area contributed by atoms with Crippen molar-refractivity contribution in [3.8, 4) is 0 Å². The predicted molar refractivity (Wildman–Crippen MR) is 181 cm³/mol. The van der Waals surface area contributed by atoms with Crippen molar-refractivity contribution in [3.63, 3.8) is 0 Å². The van der Waals surface area contributed by atoms with Crippen molar-refractivity contribution in [1.29, 1.82) is 0 Å². The Labute approximate surface area is 265 Å². The highest BCUT2D eigenvalue weighted by atomic mass is 32.2. The van der Waals surface area contributed by atoms with E-state index in [1.54, 1.807) is 41.5 Å². The van der Waals surface area contributed by atoms with Crippen LogP contribution in [0, 0.1) is 0 Å². The predicted octanol–water partition coefficient (Wildman–Crippen LogP) is 8.10. The maximum atomic E-state index is 13.0. The van der Waals surface area contributed by atoms with Gasteiger partial charge in [0.05, 0.1) is 13.2 Å². The van der Waals surface area contributed by atoms with Gasteiger partial charge in [-0.15, -0.1) is 23.5 Å². The molecule has 0 aliphatic heterocycles. The summed E-state index contributed by atoms with van der Waals surface area (Å²) in [6.07, 6.45) is 0. The van der Waals surface area contributed by atoms with E-state index in [9.17, 15) is 14.4 Å². The summed E-state index contributed by atoms with van der Waals surface area (Å²) in [5.74, 6) is 0.666. The second-order valence-corrected chi connectivity index (χ2v) is 17.1. The number of thiocarbonyl (C=S) groups is 2. The SMILES string of the molecule is CCOC(=O)C(C)(C)SC(=S)SCc1ccc(C(=O)c2ccc(CSC(=S)SC(C)(C)C(=O)OCC)cc2)cc1. The lowest BCUT2D eigenvalue weighted by atomic mass is 10.0. The Morgan fingerprint density at radius 3 is 1.27 bits per heavy atom.